The highest BCUT2D eigenvalue weighted by molar-refractivity contribution is 6.00. The Kier molecular flexibility index (Phi) is 5.81. The summed E-state index contributed by atoms with van der Waals surface area (Å²) in [6.45, 7) is 0.650. The average molecular weight is 389 g/mol. The molecule has 2 heterocycles. The highest BCUT2D eigenvalue weighted by Crippen LogP contribution is 2.23. The van der Waals surface area contributed by atoms with Gasteiger partial charge in [-0.25, -0.2) is 4.79 Å². The van der Waals surface area contributed by atoms with Crippen LogP contribution in [0.15, 0.2) is 24.3 Å². The molecule has 0 aromatic heterocycles. The second-order valence-electron chi connectivity index (χ2n) is 7.01. The van der Waals surface area contributed by atoms with Gasteiger partial charge in [-0.15, -0.1) is 0 Å². The Morgan fingerprint density at radius 2 is 1.96 bits per heavy atom. The lowest BCUT2D eigenvalue weighted by Crippen LogP contribution is -2.48. The standard InChI is InChI=1S/C19H23N3O6/c1-21-10-17(24)22-8-4-5-12(22)11-28-15-7-3-2-6-13(15)18(25)20-14(19(26)27)9-16(21)23/h2-3,6-7,12,14H,4-5,8-11H2,1H3,(H,20,25)(H,26,27)/t12-,14+/m1/s1. The number of carboxylic acid groups (broad SMARTS) is 1. The van der Waals surface area contributed by atoms with Gasteiger partial charge in [0.25, 0.3) is 5.91 Å². The minimum absolute atomic E-state index is 0.137. The molecule has 2 atom stereocenters. The van der Waals surface area contributed by atoms with Gasteiger partial charge in [-0.05, 0) is 25.0 Å². The third-order valence-electron chi connectivity index (χ3n) is 5.04. The molecule has 1 fully saturated rings. The van der Waals surface area contributed by atoms with E-state index in [-0.39, 0.29) is 30.7 Å². The molecule has 0 unspecified atom stereocenters. The molecular formula is C19H23N3O6. The van der Waals surface area contributed by atoms with Gasteiger partial charge in [0, 0.05) is 13.6 Å². The number of nitrogens with one attached hydrogen (secondary N) is 1. The third kappa shape index (κ3) is 4.24. The summed E-state index contributed by atoms with van der Waals surface area (Å²) in [5, 5.41) is 11.8. The smallest absolute Gasteiger partial charge is 0.326 e. The summed E-state index contributed by atoms with van der Waals surface area (Å²) in [7, 11) is 1.45. The van der Waals surface area contributed by atoms with Gasteiger partial charge in [0.1, 0.15) is 18.4 Å². The van der Waals surface area contributed by atoms with E-state index in [0.717, 1.165) is 12.8 Å². The topological polar surface area (TPSA) is 116 Å². The monoisotopic (exact) mass is 389 g/mol. The maximum Gasteiger partial charge on any atom is 0.326 e. The van der Waals surface area contributed by atoms with Crippen LogP contribution in [0.25, 0.3) is 0 Å². The number of fused-ring (bicyclic) bond motifs is 2. The first kappa shape index (κ1) is 19.7. The number of hydrogen-bond donors (Lipinski definition) is 2. The zero-order valence-corrected chi connectivity index (χ0v) is 15.6. The van der Waals surface area contributed by atoms with E-state index in [4.69, 9.17) is 4.74 Å². The van der Waals surface area contributed by atoms with Crippen LogP contribution in [0.5, 0.6) is 5.75 Å². The molecule has 28 heavy (non-hydrogen) atoms. The number of carbonyl (C=O) groups is 4. The van der Waals surface area contributed by atoms with E-state index >= 15 is 0 Å². The van der Waals surface area contributed by atoms with Crippen LogP contribution in [0.2, 0.25) is 0 Å². The van der Waals surface area contributed by atoms with E-state index < -0.39 is 30.2 Å². The van der Waals surface area contributed by atoms with E-state index in [1.807, 2.05) is 0 Å². The van der Waals surface area contributed by atoms with Gasteiger partial charge in [0.15, 0.2) is 0 Å². The van der Waals surface area contributed by atoms with Gasteiger partial charge in [-0.3, -0.25) is 14.4 Å². The van der Waals surface area contributed by atoms with E-state index in [1.54, 1.807) is 23.1 Å². The van der Waals surface area contributed by atoms with Gasteiger partial charge in [-0.2, -0.15) is 0 Å². The number of ether oxygens (including phenoxy) is 1. The summed E-state index contributed by atoms with van der Waals surface area (Å²) in [5.74, 6) is -2.38. The summed E-state index contributed by atoms with van der Waals surface area (Å²) >= 11 is 0. The minimum atomic E-state index is -1.41. The summed E-state index contributed by atoms with van der Waals surface area (Å²) in [6, 6.07) is 4.96. The molecule has 0 aliphatic carbocycles. The van der Waals surface area contributed by atoms with Crippen molar-refractivity contribution in [2.75, 3.05) is 26.7 Å². The molecule has 0 spiro atoms. The fourth-order valence-electron chi connectivity index (χ4n) is 3.45. The van der Waals surface area contributed by atoms with Crippen molar-refractivity contribution in [2.45, 2.75) is 31.3 Å². The lowest BCUT2D eigenvalue weighted by molar-refractivity contribution is -0.144. The zero-order chi connectivity index (χ0) is 20.3. The van der Waals surface area contributed by atoms with Crippen LogP contribution < -0.4 is 10.1 Å². The fourth-order valence-corrected chi connectivity index (χ4v) is 3.45. The number of carboxylic acids is 1. The van der Waals surface area contributed by atoms with Crippen molar-refractivity contribution in [3.05, 3.63) is 29.8 Å². The largest absolute Gasteiger partial charge is 0.491 e. The number of para-hydroxylation sites is 1. The molecule has 150 valence electrons. The van der Waals surface area contributed by atoms with Crippen LogP contribution in [-0.4, -0.2) is 77.4 Å². The third-order valence-corrected chi connectivity index (χ3v) is 5.04. The van der Waals surface area contributed by atoms with Crippen molar-refractivity contribution in [2.24, 2.45) is 0 Å². The highest BCUT2D eigenvalue weighted by atomic mass is 16.5. The molecule has 9 nitrogen and oxygen atoms in total. The quantitative estimate of drug-likeness (QED) is 0.704. The lowest BCUT2D eigenvalue weighted by atomic mass is 10.1. The van der Waals surface area contributed by atoms with E-state index in [0.29, 0.717) is 12.3 Å². The summed E-state index contributed by atoms with van der Waals surface area (Å²) < 4.78 is 5.83. The number of aliphatic carboxylic acids is 1. The lowest BCUT2D eigenvalue weighted by Gasteiger charge is -2.28. The Morgan fingerprint density at radius 1 is 1.21 bits per heavy atom. The molecule has 1 saturated heterocycles. The van der Waals surface area contributed by atoms with Crippen molar-refractivity contribution in [1.82, 2.24) is 15.1 Å². The second kappa shape index (κ2) is 8.28. The maximum absolute atomic E-state index is 12.6. The van der Waals surface area contributed by atoms with Crippen molar-refractivity contribution in [3.8, 4) is 5.75 Å². The van der Waals surface area contributed by atoms with Crippen molar-refractivity contribution < 1.29 is 29.0 Å². The van der Waals surface area contributed by atoms with Gasteiger partial charge in [-0.1, -0.05) is 12.1 Å². The predicted molar refractivity (Wildman–Crippen MR) is 97.8 cm³/mol. The Labute approximate surface area is 162 Å². The molecule has 2 aliphatic heterocycles. The number of rotatable bonds is 1. The van der Waals surface area contributed by atoms with E-state index in [9.17, 15) is 24.3 Å². The molecule has 3 rings (SSSR count). The molecule has 0 radical (unpaired) electrons. The molecule has 9 heteroatoms. The SMILES string of the molecule is CN1CC(=O)N2CCC[C@@H]2COc2ccccc2C(=O)N[C@H](C(=O)O)CC1=O. The van der Waals surface area contributed by atoms with Gasteiger partial charge in [0.2, 0.25) is 11.8 Å². The van der Waals surface area contributed by atoms with Crippen molar-refractivity contribution in [1.29, 1.82) is 0 Å². The van der Waals surface area contributed by atoms with Gasteiger partial charge in [0.05, 0.1) is 24.6 Å². The second-order valence-corrected chi connectivity index (χ2v) is 7.01. The predicted octanol–water partition coefficient (Wildman–Crippen LogP) is 0.102. The molecule has 2 aliphatic rings. The molecule has 1 aromatic rings. The number of nitrogens with zero attached hydrogens (tertiary/aromatic N) is 2. The van der Waals surface area contributed by atoms with Crippen LogP contribution in [0.1, 0.15) is 29.6 Å². The number of amides is 3. The molecule has 3 amide bonds. The van der Waals surface area contributed by atoms with Crippen LogP contribution in [0.4, 0.5) is 0 Å². The van der Waals surface area contributed by atoms with Gasteiger partial charge >= 0.3 is 5.97 Å². The zero-order valence-electron chi connectivity index (χ0n) is 15.6. The first-order valence-corrected chi connectivity index (χ1v) is 9.15. The fraction of sp³-hybridized carbons (Fsp3) is 0.474. The van der Waals surface area contributed by atoms with Crippen molar-refractivity contribution >= 4 is 23.7 Å². The molecule has 1 aromatic carbocycles. The number of carbonyl (C=O) groups excluding carboxylic acids is 3. The average Bonchev–Trinajstić information content (AvgIpc) is 3.13. The summed E-state index contributed by atoms with van der Waals surface area (Å²) in [4.78, 5) is 52.1. The molecule has 0 bridgehead atoms. The number of likely N-dealkylation sites (N-methyl/N-ethyl adjacent to an activating group) is 1. The first-order chi connectivity index (χ1) is 13.4. The van der Waals surface area contributed by atoms with Crippen molar-refractivity contribution in [3.63, 3.8) is 0 Å². The molecule has 0 saturated carbocycles. The van der Waals surface area contributed by atoms with Crippen LogP contribution in [0.3, 0.4) is 0 Å². The van der Waals surface area contributed by atoms with E-state index in [2.05, 4.69) is 5.32 Å². The Bertz CT molecular complexity index is 796. The number of benzene rings is 1. The summed E-state index contributed by atoms with van der Waals surface area (Å²) in [5.41, 5.74) is 0.183. The summed E-state index contributed by atoms with van der Waals surface area (Å²) in [6.07, 6.45) is 1.16. The number of hydrogen-bond acceptors (Lipinski definition) is 5. The maximum atomic E-state index is 12.6. The molecular weight excluding hydrogens is 366 g/mol. The van der Waals surface area contributed by atoms with Gasteiger partial charge < -0.3 is 25.0 Å². The minimum Gasteiger partial charge on any atom is -0.491 e. The van der Waals surface area contributed by atoms with Crippen LogP contribution in [0, 0.1) is 0 Å². The highest BCUT2D eigenvalue weighted by Gasteiger charge is 2.32. The Morgan fingerprint density at radius 3 is 2.71 bits per heavy atom. The first-order valence-electron chi connectivity index (χ1n) is 9.15. The molecule has 2 N–H and O–H groups in total. The van der Waals surface area contributed by atoms with Crippen LogP contribution >= 0.6 is 0 Å². The van der Waals surface area contributed by atoms with E-state index in [1.165, 1.54) is 18.0 Å². The normalized spacial score (nSPS) is 24.0. The van der Waals surface area contributed by atoms with Crippen LogP contribution in [-0.2, 0) is 14.4 Å². The Hall–Kier alpha value is -3.10. The Balaban J connectivity index is 1.93.